The Morgan fingerprint density at radius 3 is 2.22 bits per heavy atom. The summed E-state index contributed by atoms with van der Waals surface area (Å²) in [5.74, 6) is 0. The van der Waals surface area contributed by atoms with Crippen molar-refractivity contribution in [3.8, 4) is 11.1 Å². The van der Waals surface area contributed by atoms with E-state index in [1.54, 1.807) is 10.4 Å². The second-order valence-corrected chi connectivity index (χ2v) is 14.9. The number of fused-ring (bicyclic) bond motifs is 1. The summed E-state index contributed by atoms with van der Waals surface area (Å²) in [5, 5.41) is 5.99. The van der Waals surface area contributed by atoms with E-state index in [0.717, 1.165) is 0 Å². The largest absolute Gasteiger partial charge is 3.00 e. The fourth-order valence-corrected chi connectivity index (χ4v) is 9.96. The first-order valence-electron chi connectivity index (χ1n) is 12.8. The van der Waals surface area contributed by atoms with Gasteiger partial charge < -0.3 is 24.8 Å². The molecule has 0 unspecified atom stereocenters. The van der Waals surface area contributed by atoms with Gasteiger partial charge in [0.05, 0.1) is 5.71 Å². The van der Waals surface area contributed by atoms with Crippen LogP contribution in [0.1, 0.15) is 51.2 Å². The van der Waals surface area contributed by atoms with Gasteiger partial charge in [-0.2, -0.15) is 6.07 Å². The third-order valence-corrected chi connectivity index (χ3v) is 11.4. The first-order valence-corrected chi connectivity index (χ1v) is 15.8. The summed E-state index contributed by atoms with van der Waals surface area (Å²) >= 11 is 0. The average molecular weight is 625 g/mol. The van der Waals surface area contributed by atoms with E-state index in [1.807, 2.05) is 0 Å². The van der Waals surface area contributed by atoms with Crippen LogP contribution in [-0.2, 0) is 32.6 Å². The topological polar surface area (TPSA) is 12.4 Å². The van der Waals surface area contributed by atoms with Crippen LogP contribution < -0.4 is 24.8 Å². The number of hydrogen-bond donors (Lipinski definition) is 0. The molecule has 3 heterocycles. The number of hydrogen-bond acceptors (Lipinski definition) is 1. The molecule has 0 N–H and O–H groups in total. The Morgan fingerprint density at radius 1 is 0.892 bits per heavy atom. The Morgan fingerprint density at radius 2 is 1.59 bits per heavy atom. The number of allylic oxidation sites excluding steroid dienone is 6. The zero-order valence-corrected chi connectivity index (χ0v) is 27.8. The van der Waals surface area contributed by atoms with Crippen molar-refractivity contribution in [1.82, 2.24) is 0 Å². The summed E-state index contributed by atoms with van der Waals surface area (Å²) in [7, 11) is -1.15. The molecule has 1 radical (unpaired) electrons. The second-order valence-electron chi connectivity index (χ2n) is 10.7. The van der Waals surface area contributed by atoms with Crippen molar-refractivity contribution in [1.29, 1.82) is 0 Å². The minimum Gasteiger partial charge on any atom is -1.00 e. The van der Waals surface area contributed by atoms with Crippen molar-refractivity contribution in [2.45, 2.75) is 66.5 Å². The monoisotopic (exact) mass is 622 g/mol. The van der Waals surface area contributed by atoms with Crippen molar-refractivity contribution in [3.63, 3.8) is 0 Å². The number of rotatable bonds is 5. The van der Waals surface area contributed by atoms with Crippen molar-refractivity contribution in [2.75, 3.05) is 0 Å². The van der Waals surface area contributed by atoms with E-state index >= 15 is 0 Å². The number of aliphatic imine (C=N–C) groups is 1. The molecule has 3 aromatic rings. The molecule has 37 heavy (non-hydrogen) atoms. The van der Waals surface area contributed by atoms with Crippen LogP contribution in [-0.4, -0.2) is 13.8 Å². The van der Waals surface area contributed by atoms with E-state index < -0.39 is 8.07 Å². The fourth-order valence-electron chi connectivity index (χ4n) is 6.13. The first kappa shape index (κ1) is 31.8. The smallest absolute Gasteiger partial charge is 1.00 e. The van der Waals surface area contributed by atoms with Gasteiger partial charge in [-0.1, -0.05) is 75.7 Å². The zero-order chi connectivity index (χ0) is 24.0. The SMILES string of the molecule is CC1=CC2=C3C(C)=C(C2=N1)[Si]3(C)C.CCCCCc1ccc(-c2cccc3[cH-]c(C)cc23)cc1.[Cl-].[Cl-].[Zr+3]. The molecule has 0 saturated heterocycles. The van der Waals surface area contributed by atoms with Crippen LogP contribution in [0.25, 0.3) is 21.9 Å². The number of nitrogens with zero attached hydrogens (tertiary/aromatic N) is 1. The van der Waals surface area contributed by atoms with Gasteiger partial charge in [0.25, 0.3) is 0 Å². The van der Waals surface area contributed by atoms with Crippen LogP contribution in [0.15, 0.2) is 92.9 Å². The van der Waals surface area contributed by atoms with Gasteiger partial charge in [0, 0.05) is 11.3 Å². The maximum Gasteiger partial charge on any atom is 3.00 e. The van der Waals surface area contributed by atoms with Crippen LogP contribution in [0.5, 0.6) is 0 Å². The predicted octanol–water partition coefficient (Wildman–Crippen LogP) is 3.04. The van der Waals surface area contributed by atoms with Crippen molar-refractivity contribution < 1.29 is 51.0 Å². The maximum absolute atomic E-state index is 4.62. The van der Waals surface area contributed by atoms with E-state index in [2.05, 4.69) is 106 Å². The normalized spacial score (nSPS) is 15.9. The molecule has 3 aliphatic heterocycles. The van der Waals surface area contributed by atoms with Gasteiger partial charge in [-0.3, -0.25) is 4.99 Å². The molecule has 0 amide bonds. The van der Waals surface area contributed by atoms with Gasteiger partial charge in [0.15, 0.2) is 0 Å². The number of halogens is 2. The molecule has 7 rings (SSSR count). The molecule has 0 atom stereocenters. The Kier molecular flexibility index (Phi) is 10.9. The molecular formula is C32H36Cl2NSiZr. The molecule has 5 heteroatoms. The Labute approximate surface area is 255 Å². The van der Waals surface area contributed by atoms with Gasteiger partial charge in [-0.15, -0.1) is 34.5 Å². The zero-order valence-electron chi connectivity index (χ0n) is 22.8. The molecule has 2 bridgehead atoms. The predicted molar refractivity (Wildman–Crippen MR) is 151 cm³/mol. The summed E-state index contributed by atoms with van der Waals surface area (Å²) in [4.78, 5) is 4.62. The van der Waals surface area contributed by atoms with Crippen LogP contribution in [0.3, 0.4) is 0 Å². The summed E-state index contributed by atoms with van der Waals surface area (Å²) in [5.41, 5.74) is 11.0. The minimum absolute atomic E-state index is 0. The number of unbranched alkanes of at least 4 members (excludes halogenated alkanes) is 2. The molecular weight excluding hydrogens is 589 g/mol. The molecule has 0 aromatic heterocycles. The Balaban J connectivity index is 0.000000261. The van der Waals surface area contributed by atoms with Gasteiger partial charge >= 0.3 is 26.2 Å². The van der Waals surface area contributed by atoms with Gasteiger partial charge in [0.2, 0.25) is 0 Å². The molecule has 4 aliphatic rings. The number of aryl methyl sites for hydroxylation is 2. The summed E-state index contributed by atoms with van der Waals surface area (Å²) in [6.07, 6.45) is 7.37. The summed E-state index contributed by atoms with van der Waals surface area (Å²) in [6.45, 7) is 13.6. The average Bonchev–Trinajstić information content (AvgIpc) is 3.48. The van der Waals surface area contributed by atoms with Gasteiger partial charge in [-0.05, 0) is 59.9 Å². The summed E-state index contributed by atoms with van der Waals surface area (Å²) < 4.78 is 0. The molecule has 1 nitrogen and oxygen atoms in total. The standard InChI is InChI=1S/C21H23.C11H13NSi.2ClH.Zr/c1-3-4-5-7-17-10-12-18(13-11-17)20-9-6-8-19-14-16(2)15-21(19)20;1-6-5-8-9(12-6)11-7(2)10(8)13(11,3)4;;;/h6,8-15H,3-5,7H2,1-2H3;5H,1-4H3;2*1H;/q-1;;;;+3/p-2. The third-order valence-electron chi connectivity index (χ3n) is 7.63. The second kappa shape index (κ2) is 12.6. The van der Waals surface area contributed by atoms with E-state index in [9.17, 15) is 0 Å². The molecule has 0 saturated carbocycles. The molecule has 0 spiro atoms. The molecule has 1 aliphatic carbocycles. The van der Waals surface area contributed by atoms with Crippen LogP contribution in [0, 0.1) is 6.92 Å². The Hall–Kier alpha value is -1.38. The van der Waals surface area contributed by atoms with Crippen LogP contribution in [0.4, 0.5) is 0 Å². The van der Waals surface area contributed by atoms with Crippen molar-refractivity contribution in [2.24, 2.45) is 4.99 Å². The fraction of sp³-hybridized carbons (Fsp3) is 0.312. The summed E-state index contributed by atoms with van der Waals surface area (Å²) in [6, 6.07) is 20.3. The van der Waals surface area contributed by atoms with E-state index in [0.29, 0.717) is 0 Å². The van der Waals surface area contributed by atoms with Crippen molar-refractivity contribution >= 4 is 24.6 Å². The van der Waals surface area contributed by atoms with Crippen LogP contribution in [0.2, 0.25) is 13.1 Å². The Bertz CT molecular complexity index is 1400. The van der Waals surface area contributed by atoms with Crippen LogP contribution >= 0.6 is 0 Å². The van der Waals surface area contributed by atoms with E-state index in [1.165, 1.54) is 81.3 Å². The van der Waals surface area contributed by atoms with Gasteiger partial charge in [-0.25, -0.2) is 0 Å². The minimum atomic E-state index is -1.15. The number of benzene rings is 2. The molecule has 191 valence electrons. The maximum atomic E-state index is 4.62. The first-order chi connectivity index (χ1) is 16.3. The van der Waals surface area contributed by atoms with E-state index in [4.69, 9.17) is 0 Å². The van der Waals surface area contributed by atoms with E-state index in [-0.39, 0.29) is 51.0 Å². The third kappa shape index (κ3) is 5.81. The quantitative estimate of drug-likeness (QED) is 0.235. The molecule has 0 fully saturated rings. The van der Waals surface area contributed by atoms with Crippen molar-refractivity contribution in [3.05, 3.63) is 99.0 Å². The molecule has 3 aromatic carbocycles. The van der Waals surface area contributed by atoms with Gasteiger partial charge in [0.1, 0.15) is 8.07 Å².